The molecule has 0 aliphatic heterocycles. The quantitative estimate of drug-likeness (QED) is 0.440. The van der Waals surface area contributed by atoms with Crippen molar-refractivity contribution in [1.29, 1.82) is 5.26 Å². The minimum atomic E-state index is -0.506. The van der Waals surface area contributed by atoms with Gasteiger partial charge < -0.3 is 10.1 Å². The first-order valence-electron chi connectivity index (χ1n) is 8.85. The molecule has 0 unspecified atom stereocenters. The van der Waals surface area contributed by atoms with Gasteiger partial charge >= 0.3 is 0 Å². The molecule has 0 fully saturated rings. The predicted octanol–water partition coefficient (Wildman–Crippen LogP) is 5.83. The molecule has 0 aliphatic carbocycles. The maximum atomic E-state index is 12.6. The number of carbonyl (C=O) groups excluding carboxylic acids is 1. The van der Waals surface area contributed by atoms with E-state index in [-0.39, 0.29) is 11.7 Å². The number of nitrogens with zero attached hydrogens (tertiary/aromatic N) is 1. The number of rotatable bonds is 5. The van der Waals surface area contributed by atoms with Crippen LogP contribution in [0.25, 0.3) is 16.8 Å². The summed E-state index contributed by atoms with van der Waals surface area (Å²) in [6, 6.07) is 20.4. The third-order valence-corrected chi connectivity index (χ3v) is 4.26. The van der Waals surface area contributed by atoms with E-state index in [0.717, 1.165) is 10.8 Å². The summed E-state index contributed by atoms with van der Waals surface area (Å²) < 4.78 is 5.91. The smallest absolute Gasteiger partial charge is 0.266 e. The average molecular weight is 391 g/mol. The summed E-state index contributed by atoms with van der Waals surface area (Å²) >= 11 is 5.96. The molecule has 0 aliphatic rings. The number of ether oxygens (including phenoxy) is 1. The molecule has 3 rings (SSSR count). The number of fused-ring (bicyclic) bond motifs is 1. The number of nitriles is 1. The molecular weight excluding hydrogens is 372 g/mol. The average Bonchev–Trinajstić information content (AvgIpc) is 2.66. The molecule has 0 atom stereocenters. The van der Waals surface area contributed by atoms with Crippen molar-refractivity contribution >= 4 is 40.0 Å². The van der Waals surface area contributed by atoms with Crippen LogP contribution in [0.3, 0.4) is 0 Å². The van der Waals surface area contributed by atoms with Crippen molar-refractivity contribution in [2.75, 3.05) is 5.32 Å². The Morgan fingerprint density at radius 2 is 1.93 bits per heavy atom. The zero-order valence-corrected chi connectivity index (χ0v) is 16.3. The van der Waals surface area contributed by atoms with E-state index in [4.69, 9.17) is 16.3 Å². The van der Waals surface area contributed by atoms with Gasteiger partial charge in [0.1, 0.15) is 17.4 Å². The van der Waals surface area contributed by atoms with Crippen molar-refractivity contribution in [2.24, 2.45) is 0 Å². The van der Waals surface area contributed by atoms with Gasteiger partial charge in [-0.2, -0.15) is 5.26 Å². The molecule has 0 heterocycles. The molecule has 0 saturated heterocycles. The van der Waals surface area contributed by atoms with E-state index >= 15 is 0 Å². The second-order valence-electron chi connectivity index (χ2n) is 6.50. The lowest BCUT2D eigenvalue weighted by Crippen LogP contribution is -2.13. The minimum absolute atomic E-state index is 0.0232. The number of nitrogens with one attached hydrogen (secondary N) is 1. The van der Waals surface area contributed by atoms with Gasteiger partial charge in [0.15, 0.2) is 0 Å². The Bertz CT molecular complexity index is 1100. The molecule has 3 aromatic carbocycles. The molecule has 4 nitrogen and oxygen atoms in total. The van der Waals surface area contributed by atoms with E-state index in [1.807, 2.05) is 56.3 Å². The summed E-state index contributed by atoms with van der Waals surface area (Å²) in [7, 11) is 0. The molecular formula is C23H19ClN2O2. The van der Waals surface area contributed by atoms with Crippen LogP contribution in [0.4, 0.5) is 5.69 Å². The number of carbonyl (C=O) groups is 1. The Balaban J connectivity index is 2.04. The Hall–Kier alpha value is -3.29. The van der Waals surface area contributed by atoms with Crippen LogP contribution in [0.2, 0.25) is 5.02 Å². The van der Waals surface area contributed by atoms with Crippen molar-refractivity contribution in [1.82, 2.24) is 0 Å². The van der Waals surface area contributed by atoms with Crippen molar-refractivity contribution in [3.63, 3.8) is 0 Å². The van der Waals surface area contributed by atoms with Gasteiger partial charge in [-0.1, -0.05) is 48.0 Å². The highest BCUT2D eigenvalue weighted by Crippen LogP contribution is 2.31. The summed E-state index contributed by atoms with van der Waals surface area (Å²) in [6.45, 7) is 3.86. The minimum Gasteiger partial charge on any atom is -0.490 e. The fraction of sp³-hybridized carbons (Fsp3) is 0.130. The standard InChI is InChI=1S/C23H19ClN2O2/c1-15(2)28-22-11-10-16-6-3-4-9-20(16)21(22)12-17(14-25)23(27)26-19-8-5-7-18(24)13-19/h3-13,15H,1-2H3,(H,26,27)/b17-12+. The van der Waals surface area contributed by atoms with Crippen molar-refractivity contribution in [3.05, 3.63) is 76.8 Å². The molecule has 1 amide bonds. The van der Waals surface area contributed by atoms with Gasteiger partial charge in [0.25, 0.3) is 5.91 Å². The Kier molecular flexibility index (Phi) is 5.98. The third-order valence-electron chi connectivity index (χ3n) is 4.03. The lowest BCUT2D eigenvalue weighted by Gasteiger charge is -2.15. The summed E-state index contributed by atoms with van der Waals surface area (Å²) in [5.41, 5.74) is 1.20. The van der Waals surface area contributed by atoms with Gasteiger partial charge in [-0.25, -0.2) is 0 Å². The number of amides is 1. The van der Waals surface area contributed by atoms with Crippen molar-refractivity contribution in [3.8, 4) is 11.8 Å². The molecule has 5 heteroatoms. The SMILES string of the molecule is CC(C)Oc1ccc2ccccc2c1/C=C(\C#N)C(=O)Nc1cccc(Cl)c1. The van der Waals surface area contributed by atoms with Gasteiger partial charge in [0.2, 0.25) is 0 Å². The van der Waals surface area contributed by atoms with Crippen LogP contribution >= 0.6 is 11.6 Å². The topological polar surface area (TPSA) is 62.1 Å². The van der Waals surface area contributed by atoms with E-state index in [9.17, 15) is 10.1 Å². The predicted molar refractivity (Wildman–Crippen MR) is 113 cm³/mol. The van der Waals surface area contributed by atoms with E-state index in [0.29, 0.717) is 22.0 Å². The summed E-state index contributed by atoms with van der Waals surface area (Å²) in [5, 5.41) is 14.7. The second kappa shape index (κ2) is 8.60. The molecule has 1 N–H and O–H groups in total. The van der Waals surface area contributed by atoms with Gasteiger partial charge in [-0.3, -0.25) is 4.79 Å². The van der Waals surface area contributed by atoms with Crippen LogP contribution in [0, 0.1) is 11.3 Å². The summed E-state index contributed by atoms with van der Waals surface area (Å²) in [6.07, 6.45) is 1.53. The third kappa shape index (κ3) is 4.51. The van der Waals surface area contributed by atoms with Crippen LogP contribution in [0.15, 0.2) is 66.2 Å². The number of halogens is 1. The monoisotopic (exact) mass is 390 g/mol. The highest BCUT2D eigenvalue weighted by atomic mass is 35.5. The zero-order chi connectivity index (χ0) is 20.1. The van der Waals surface area contributed by atoms with Gasteiger partial charge in [-0.15, -0.1) is 0 Å². The second-order valence-corrected chi connectivity index (χ2v) is 6.94. The number of anilines is 1. The molecule has 0 bridgehead atoms. The Morgan fingerprint density at radius 3 is 2.64 bits per heavy atom. The largest absolute Gasteiger partial charge is 0.490 e. The Morgan fingerprint density at radius 1 is 1.14 bits per heavy atom. The van der Waals surface area contributed by atoms with E-state index in [1.54, 1.807) is 30.3 Å². The molecule has 0 radical (unpaired) electrons. The first-order valence-corrected chi connectivity index (χ1v) is 9.23. The van der Waals surface area contributed by atoms with E-state index in [1.165, 1.54) is 0 Å². The van der Waals surface area contributed by atoms with Crippen LogP contribution < -0.4 is 10.1 Å². The first-order chi connectivity index (χ1) is 13.5. The lowest BCUT2D eigenvalue weighted by molar-refractivity contribution is -0.112. The molecule has 3 aromatic rings. The van der Waals surface area contributed by atoms with Crippen LogP contribution in [0.1, 0.15) is 19.4 Å². The Labute approximate surface area is 169 Å². The van der Waals surface area contributed by atoms with Crippen molar-refractivity contribution < 1.29 is 9.53 Å². The number of benzene rings is 3. The van der Waals surface area contributed by atoms with Crippen molar-refractivity contribution in [2.45, 2.75) is 20.0 Å². The number of hydrogen-bond acceptors (Lipinski definition) is 3. The zero-order valence-electron chi connectivity index (χ0n) is 15.6. The molecule has 0 aromatic heterocycles. The number of hydrogen-bond donors (Lipinski definition) is 1. The lowest BCUT2D eigenvalue weighted by atomic mass is 10.0. The first kappa shape index (κ1) is 19.5. The van der Waals surface area contributed by atoms with Crippen LogP contribution in [-0.2, 0) is 4.79 Å². The van der Waals surface area contributed by atoms with Crippen LogP contribution in [0.5, 0.6) is 5.75 Å². The maximum Gasteiger partial charge on any atom is 0.266 e. The maximum absolute atomic E-state index is 12.6. The van der Waals surface area contributed by atoms with Gasteiger partial charge in [0.05, 0.1) is 6.10 Å². The van der Waals surface area contributed by atoms with Crippen LogP contribution in [-0.4, -0.2) is 12.0 Å². The summed E-state index contributed by atoms with van der Waals surface area (Å²) in [4.78, 5) is 12.6. The molecule has 0 spiro atoms. The van der Waals surface area contributed by atoms with E-state index in [2.05, 4.69) is 5.32 Å². The highest BCUT2D eigenvalue weighted by molar-refractivity contribution is 6.31. The van der Waals surface area contributed by atoms with E-state index < -0.39 is 5.91 Å². The fourth-order valence-electron chi connectivity index (χ4n) is 2.84. The molecule has 28 heavy (non-hydrogen) atoms. The fourth-order valence-corrected chi connectivity index (χ4v) is 3.03. The normalized spacial score (nSPS) is 11.3. The molecule has 140 valence electrons. The molecule has 0 saturated carbocycles. The van der Waals surface area contributed by atoms with Gasteiger partial charge in [0, 0.05) is 16.3 Å². The highest BCUT2D eigenvalue weighted by Gasteiger charge is 2.14. The summed E-state index contributed by atoms with van der Waals surface area (Å²) in [5.74, 6) is 0.116. The van der Waals surface area contributed by atoms with Gasteiger partial charge in [-0.05, 0) is 55.0 Å².